The second-order valence-corrected chi connectivity index (χ2v) is 6.32. The minimum absolute atomic E-state index is 0.245. The Hall–Kier alpha value is -2.37. The highest BCUT2D eigenvalue weighted by Gasteiger charge is 2.38. The Morgan fingerprint density at radius 3 is 2.52 bits per heavy atom. The molecule has 0 aromatic heterocycles. The molecule has 0 saturated carbocycles. The first-order valence-corrected chi connectivity index (χ1v) is 7.81. The lowest BCUT2D eigenvalue weighted by atomic mass is 10.0. The van der Waals surface area contributed by atoms with E-state index in [4.69, 9.17) is 0 Å². The van der Waals surface area contributed by atoms with Crippen LogP contribution in [0.2, 0.25) is 0 Å². The minimum atomic E-state index is -0.521. The Kier molecular flexibility index (Phi) is 5.36. The molecule has 1 atom stereocenters. The van der Waals surface area contributed by atoms with Gasteiger partial charge in [0.25, 0.3) is 5.91 Å². The molecule has 2 rings (SSSR count). The summed E-state index contributed by atoms with van der Waals surface area (Å²) in [6, 6.07) is 6.79. The molecule has 124 valence electrons. The Labute approximate surface area is 136 Å². The molecule has 1 aliphatic heterocycles. The molecule has 1 aliphatic rings. The first-order chi connectivity index (χ1) is 10.9. The van der Waals surface area contributed by atoms with E-state index in [1.54, 1.807) is 0 Å². The molecule has 0 radical (unpaired) electrons. The number of imide groups is 1. The van der Waals surface area contributed by atoms with E-state index in [-0.39, 0.29) is 18.4 Å². The summed E-state index contributed by atoms with van der Waals surface area (Å²) in [5.74, 6) is -0.381. The summed E-state index contributed by atoms with van der Waals surface area (Å²) < 4.78 is 0. The van der Waals surface area contributed by atoms with E-state index < -0.39 is 12.1 Å². The summed E-state index contributed by atoms with van der Waals surface area (Å²) in [6.45, 7) is 6.09. The van der Waals surface area contributed by atoms with Gasteiger partial charge in [0.15, 0.2) is 0 Å². The van der Waals surface area contributed by atoms with Crippen LogP contribution in [0.1, 0.15) is 31.4 Å². The number of hydrogen-bond donors (Lipinski definition) is 2. The summed E-state index contributed by atoms with van der Waals surface area (Å²) >= 11 is 0. The average Bonchev–Trinajstić information content (AvgIpc) is 2.73. The normalized spacial score (nSPS) is 17.6. The van der Waals surface area contributed by atoms with Crippen LogP contribution in [0.4, 0.5) is 4.79 Å². The van der Waals surface area contributed by atoms with E-state index in [1.807, 2.05) is 45.0 Å². The SMILES string of the molecule is Cc1ccc(CNC(=O)CN2C(=O)NC(CC(C)C)C2=O)cc1. The van der Waals surface area contributed by atoms with E-state index in [0.717, 1.165) is 16.0 Å². The molecular formula is C17H23N3O3. The van der Waals surface area contributed by atoms with Crippen LogP contribution >= 0.6 is 0 Å². The molecular weight excluding hydrogens is 294 g/mol. The average molecular weight is 317 g/mol. The van der Waals surface area contributed by atoms with Crippen LogP contribution in [0.3, 0.4) is 0 Å². The lowest BCUT2D eigenvalue weighted by molar-refractivity contribution is -0.132. The number of amides is 4. The Morgan fingerprint density at radius 2 is 1.91 bits per heavy atom. The van der Waals surface area contributed by atoms with Crippen LogP contribution in [-0.4, -0.2) is 35.3 Å². The summed E-state index contributed by atoms with van der Waals surface area (Å²) in [4.78, 5) is 37.0. The third kappa shape index (κ3) is 4.55. The van der Waals surface area contributed by atoms with Gasteiger partial charge in [0.1, 0.15) is 12.6 Å². The molecule has 4 amide bonds. The quantitative estimate of drug-likeness (QED) is 0.782. The number of urea groups is 1. The predicted molar refractivity (Wildman–Crippen MR) is 86.5 cm³/mol. The zero-order valence-corrected chi connectivity index (χ0v) is 13.8. The summed E-state index contributed by atoms with van der Waals surface area (Å²) in [7, 11) is 0. The van der Waals surface area contributed by atoms with E-state index in [0.29, 0.717) is 18.9 Å². The Balaban J connectivity index is 1.86. The van der Waals surface area contributed by atoms with Crippen molar-refractivity contribution in [2.45, 2.75) is 39.8 Å². The largest absolute Gasteiger partial charge is 0.350 e. The Morgan fingerprint density at radius 1 is 1.26 bits per heavy atom. The fraction of sp³-hybridized carbons (Fsp3) is 0.471. The fourth-order valence-corrected chi connectivity index (χ4v) is 2.46. The monoisotopic (exact) mass is 317 g/mol. The van der Waals surface area contributed by atoms with Gasteiger partial charge in [0.05, 0.1) is 0 Å². The molecule has 1 unspecified atom stereocenters. The van der Waals surface area contributed by atoms with Crippen LogP contribution < -0.4 is 10.6 Å². The van der Waals surface area contributed by atoms with Crippen LogP contribution in [0.5, 0.6) is 0 Å². The van der Waals surface area contributed by atoms with Gasteiger partial charge in [-0.3, -0.25) is 14.5 Å². The number of carbonyl (C=O) groups is 3. The molecule has 23 heavy (non-hydrogen) atoms. The molecule has 1 aromatic rings. The van der Waals surface area contributed by atoms with Crippen molar-refractivity contribution < 1.29 is 14.4 Å². The second-order valence-electron chi connectivity index (χ2n) is 6.32. The van der Waals surface area contributed by atoms with Gasteiger partial charge >= 0.3 is 6.03 Å². The van der Waals surface area contributed by atoms with Crippen molar-refractivity contribution in [2.24, 2.45) is 5.92 Å². The highest BCUT2D eigenvalue weighted by molar-refractivity contribution is 6.06. The highest BCUT2D eigenvalue weighted by atomic mass is 16.2. The maximum Gasteiger partial charge on any atom is 0.325 e. The van der Waals surface area contributed by atoms with E-state index in [2.05, 4.69) is 10.6 Å². The topological polar surface area (TPSA) is 78.5 Å². The summed E-state index contributed by atoms with van der Waals surface area (Å²) in [6.07, 6.45) is 0.575. The number of aryl methyl sites for hydroxylation is 1. The van der Waals surface area contributed by atoms with Gasteiger partial charge in [-0.15, -0.1) is 0 Å². The zero-order valence-electron chi connectivity index (χ0n) is 13.8. The van der Waals surface area contributed by atoms with E-state index in [1.165, 1.54) is 0 Å². The van der Waals surface area contributed by atoms with E-state index >= 15 is 0 Å². The number of benzene rings is 1. The van der Waals surface area contributed by atoms with Gasteiger partial charge < -0.3 is 10.6 Å². The fourth-order valence-electron chi connectivity index (χ4n) is 2.46. The van der Waals surface area contributed by atoms with Crippen molar-refractivity contribution in [3.05, 3.63) is 35.4 Å². The van der Waals surface area contributed by atoms with Gasteiger partial charge in [-0.05, 0) is 24.8 Å². The van der Waals surface area contributed by atoms with Crippen molar-refractivity contribution in [2.75, 3.05) is 6.54 Å². The molecule has 0 bridgehead atoms. The van der Waals surface area contributed by atoms with Gasteiger partial charge in [0.2, 0.25) is 5.91 Å². The van der Waals surface area contributed by atoms with Crippen molar-refractivity contribution in [1.29, 1.82) is 0 Å². The number of rotatable bonds is 6. The molecule has 6 heteroatoms. The van der Waals surface area contributed by atoms with Gasteiger partial charge in [-0.1, -0.05) is 43.7 Å². The first kappa shape index (κ1) is 17.0. The molecule has 1 fully saturated rings. The second kappa shape index (κ2) is 7.26. The smallest absolute Gasteiger partial charge is 0.325 e. The number of nitrogens with zero attached hydrogens (tertiary/aromatic N) is 1. The number of hydrogen-bond acceptors (Lipinski definition) is 3. The van der Waals surface area contributed by atoms with Crippen molar-refractivity contribution in [3.63, 3.8) is 0 Å². The predicted octanol–water partition coefficient (Wildman–Crippen LogP) is 1.58. The minimum Gasteiger partial charge on any atom is -0.350 e. The number of carbonyl (C=O) groups excluding carboxylic acids is 3. The Bertz CT molecular complexity index is 596. The van der Waals surface area contributed by atoms with E-state index in [9.17, 15) is 14.4 Å². The standard InChI is InChI=1S/C17H23N3O3/c1-11(2)8-14-16(22)20(17(23)19-14)10-15(21)18-9-13-6-4-12(3)5-7-13/h4-7,11,14H,8-10H2,1-3H3,(H,18,21)(H,19,23). The highest BCUT2D eigenvalue weighted by Crippen LogP contribution is 2.13. The van der Waals surface area contributed by atoms with Crippen LogP contribution in [0, 0.1) is 12.8 Å². The van der Waals surface area contributed by atoms with Crippen molar-refractivity contribution in [3.8, 4) is 0 Å². The van der Waals surface area contributed by atoms with Gasteiger partial charge in [-0.25, -0.2) is 4.79 Å². The summed E-state index contributed by atoms with van der Waals surface area (Å²) in [5, 5.41) is 5.36. The molecule has 0 spiro atoms. The van der Waals surface area contributed by atoms with Crippen molar-refractivity contribution >= 4 is 17.8 Å². The molecule has 1 heterocycles. The maximum atomic E-state index is 12.2. The lowest BCUT2D eigenvalue weighted by Crippen LogP contribution is -2.41. The van der Waals surface area contributed by atoms with Gasteiger partial charge in [0, 0.05) is 6.54 Å². The molecule has 1 saturated heterocycles. The molecule has 0 aliphatic carbocycles. The van der Waals surface area contributed by atoms with Crippen LogP contribution in [0.15, 0.2) is 24.3 Å². The lowest BCUT2D eigenvalue weighted by Gasteiger charge is -2.14. The van der Waals surface area contributed by atoms with Crippen molar-refractivity contribution in [1.82, 2.24) is 15.5 Å². The molecule has 1 aromatic carbocycles. The molecule has 2 N–H and O–H groups in total. The number of nitrogens with one attached hydrogen (secondary N) is 2. The molecule has 6 nitrogen and oxygen atoms in total. The summed E-state index contributed by atoms with van der Waals surface area (Å²) in [5.41, 5.74) is 2.12. The maximum absolute atomic E-state index is 12.2. The zero-order chi connectivity index (χ0) is 17.0. The van der Waals surface area contributed by atoms with Gasteiger partial charge in [-0.2, -0.15) is 0 Å². The third-order valence-electron chi connectivity index (χ3n) is 3.73. The third-order valence-corrected chi connectivity index (χ3v) is 3.73. The van der Waals surface area contributed by atoms with Crippen LogP contribution in [0.25, 0.3) is 0 Å². The first-order valence-electron chi connectivity index (χ1n) is 7.81. The van der Waals surface area contributed by atoms with Crippen LogP contribution in [-0.2, 0) is 16.1 Å².